The summed E-state index contributed by atoms with van der Waals surface area (Å²) in [5, 5.41) is 10.7. The first-order chi connectivity index (χ1) is 24.9. The van der Waals surface area contributed by atoms with Gasteiger partial charge in [-0.15, -0.1) is 0 Å². The van der Waals surface area contributed by atoms with E-state index in [1.807, 2.05) is 61.0 Å². The Labute approximate surface area is 298 Å². The first kappa shape index (κ1) is 35.7. The number of ketones is 1. The molecule has 1 fully saturated rings. The molecule has 51 heavy (non-hydrogen) atoms. The molecule has 0 radical (unpaired) electrons. The van der Waals surface area contributed by atoms with Crippen LogP contribution in [0.2, 0.25) is 0 Å². The maximum atomic E-state index is 13.9. The predicted molar refractivity (Wildman–Crippen MR) is 195 cm³/mol. The van der Waals surface area contributed by atoms with Crippen LogP contribution in [0.4, 0.5) is 0 Å². The third-order valence-corrected chi connectivity index (χ3v) is 9.84. The van der Waals surface area contributed by atoms with Crippen LogP contribution in [0, 0.1) is 5.92 Å². The highest BCUT2D eigenvalue weighted by Gasteiger charge is 2.30. The van der Waals surface area contributed by atoms with Crippen molar-refractivity contribution < 1.29 is 23.8 Å². The lowest BCUT2D eigenvalue weighted by Crippen LogP contribution is -2.39. The third kappa shape index (κ3) is 8.29. The highest BCUT2D eigenvalue weighted by atomic mass is 16.5. The van der Waals surface area contributed by atoms with Crippen molar-refractivity contribution in [1.82, 2.24) is 34.8 Å². The van der Waals surface area contributed by atoms with Crippen LogP contribution in [0.15, 0.2) is 72.9 Å². The zero-order valence-electron chi connectivity index (χ0n) is 29.9. The summed E-state index contributed by atoms with van der Waals surface area (Å²) in [6, 6.07) is 21.4. The summed E-state index contributed by atoms with van der Waals surface area (Å²) in [6.45, 7) is 6.71. The normalized spacial score (nSPS) is 14.4. The van der Waals surface area contributed by atoms with Gasteiger partial charge in [0.1, 0.15) is 17.2 Å². The molecule has 0 saturated carbocycles. The number of rotatable bonds is 16. The van der Waals surface area contributed by atoms with Gasteiger partial charge in [0.15, 0.2) is 5.82 Å². The van der Waals surface area contributed by atoms with E-state index in [0.717, 1.165) is 66.8 Å². The second kappa shape index (κ2) is 16.8. The van der Waals surface area contributed by atoms with Crippen molar-refractivity contribution in [2.24, 2.45) is 5.92 Å². The van der Waals surface area contributed by atoms with Gasteiger partial charge in [-0.05, 0) is 93.8 Å². The molecule has 1 aliphatic heterocycles. The number of imidazole rings is 1. The molecule has 1 amide bonds. The number of likely N-dealkylation sites (tertiary alicyclic amines) is 1. The summed E-state index contributed by atoms with van der Waals surface area (Å²) in [4.78, 5) is 36.8. The van der Waals surface area contributed by atoms with Gasteiger partial charge in [0.05, 0.1) is 43.6 Å². The first-order valence-electron chi connectivity index (χ1n) is 17.6. The smallest absolute Gasteiger partial charge is 0.257 e. The van der Waals surface area contributed by atoms with E-state index in [2.05, 4.69) is 32.4 Å². The van der Waals surface area contributed by atoms with Crippen molar-refractivity contribution in [3.05, 3.63) is 89.9 Å². The van der Waals surface area contributed by atoms with Gasteiger partial charge in [0, 0.05) is 44.1 Å². The van der Waals surface area contributed by atoms with E-state index < -0.39 is 0 Å². The molecule has 2 aromatic heterocycles. The van der Waals surface area contributed by atoms with E-state index in [-0.39, 0.29) is 23.5 Å². The number of aromatic amines is 1. The van der Waals surface area contributed by atoms with Gasteiger partial charge >= 0.3 is 0 Å². The van der Waals surface area contributed by atoms with Gasteiger partial charge in [0.25, 0.3) is 5.91 Å². The average Bonchev–Trinajstić information content (AvgIpc) is 3.85. The topological polar surface area (TPSA) is 128 Å². The number of methoxy groups -OCH3 is 2. The number of aromatic nitrogens is 5. The number of nitrogens with zero attached hydrogens (tertiary/aromatic N) is 6. The molecular weight excluding hydrogens is 646 g/mol. The number of ether oxygens (including phenoxy) is 3. The molecule has 12 nitrogen and oxygen atoms in total. The number of hydrogen-bond donors (Lipinski definition) is 1. The fourth-order valence-corrected chi connectivity index (χ4v) is 6.98. The lowest BCUT2D eigenvalue weighted by Gasteiger charge is -2.33. The van der Waals surface area contributed by atoms with E-state index in [9.17, 15) is 9.59 Å². The monoisotopic (exact) mass is 693 g/mol. The van der Waals surface area contributed by atoms with Gasteiger partial charge in [0.2, 0.25) is 5.78 Å². The Kier molecular flexibility index (Phi) is 11.7. The number of fused-ring (bicyclic) bond motifs is 1. The number of Topliss-reactive ketones (excluding diaryl/α,β-unsaturated/α-hetero) is 1. The van der Waals surface area contributed by atoms with Crippen molar-refractivity contribution >= 4 is 22.7 Å². The lowest BCUT2D eigenvalue weighted by molar-refractivity contribution is 0.0776. The molecule has 1 N–H and O–H groups in total. The van der Waals surface area contributed by atoms with Crippen LogP contribution < -0.4 is 9.47 Å². The fourth-order valence-electron chi connectivity index (χ4n) is 6.98. The number of hydrogen-bond acceptors (Lipinski definition) is 9. The minimum absolute atomic E-state index is 0.0448. The minimum Gasteiger partial charge on any atom is -0.497 e. The Balaban J connectivity index is 1.13. The van der Waals surface area contributed by atoms with E-state index in [0.29, 0.717) is 49.1 Å². The Morgan fingerprint density at radius 1 is 1.00 bits per heavy atom. The zero-order chi connectivity index (χ0) is 35.7. The van der Waals surface area contributed by atoms with Crippen LogP contribution in [0.1, 0.15) is 58.6 Å². The van der Waals surface area contributed by atoms with Crippen LogP contribution in [-0.2, 0) is 11.3 Å². The molecule has 1 atom stereocenters. The van der Waals surface area contributed by atoms with Crippen LogP contribution in [0.3, 0.4) is 0 Å². The molecule has 1 unspecified atom stereocenters. The van der Waals surface area contributed by atoms with Crippen LogP contribution in [0.25, 0.3) is 22.3 Å². The number of para-hydroxylation sites is 2. The maximum absolute atomic E-state index is 13.9. The summed E-state index contributed by atoms with van der Waals surface area (Å²) < 4.78 is 18.8. The molecule has 3 heterocycles. The highest BCUT2D eigenvalue weighted by molar-refractivity contribution is 5.98. The summed E-state index contributed by atoms with van der Waals surface area (Å²) in [7, 11) is 5.06. The minimum atomic E-state index is -0.142. The highest BCUT2D eigenvalue weighted by Crippen LogP contribution is 2.30. The molecule has 5 aromatic rings. The summed E-state index contributed by atoms with van der Waals surface area (Å²) >= 11 is 0. The standard InChI is InChI=1S/C39H47N7O5/c1-5-51-22-21-46-35-12-7-6-11-33(35)41-38(46)37(47)27-15-18-45(19-16-27)20-17-30(28-9-8-10-31(23-28)49-3)26-44(2)39(48)32-24-29(13-14-36(32)50-4)34-25-40-43-42-34/h6-14,23-25,27,30H,5,15-22,26H2,1-4H3,(H,40,42,43). The fraction of sp³-hybridized carbons (Fsp3) is 0.410. The molecule has 1 aliphatic rings. The van der Waals surface area contributed by atoms with Gasteiger partial charge < -0.3 is 28.6 Å². The van der Waals surface area contributed by atoms with Crippen molar-refractivity contribution in [2.75, 3.05) is 60.7 Å². The molecule has 268 valence electrons. The van der Waals surface area contributed by atoms with Crippen molar-refractivity contribution in [3.63, 3.8) is 0 Å². The number of H-pyrrole nitrogens is 1. The molecule has 3 aromatic carbocycles. The van der Waals surface area contributed by atoms with E-state index in [1.165, 1.54) is 0 Å². The third-order valence-electron chi connectivity index (χ3n) is 9.84. The second-order valence-corrected chi connectivity index (χ2v) is 13.0. The lowest BCUT2D eigenvalue weighted by atomic mass is 9.90. The molecule has 0 spiro atoms. The summed E-state index contributed by atoms with van der Waals surface area (Å²) in [6.07, 6.45) is 4.00. The van der Waals surface area contributed by atoms with Crippen LogP contribution in [0.5, 0.6) is 11.5 Å². The number of benzene rings is 3. The maximum Gasteiger partial charge on any atom is 0.257 e. The van der Waals surface area contributed by atoms with E-state index in [1.54, 1.807) is 37.4 Å². The molecule has 0 bridgehead atoms. The Morgan fingerprint density at radius 3 is 2.57 bits per heavy atom. The van der Waals surface area contributed by atoms with Gasteiger partial charge in [-0.1, -0.05) is 24.3 Å². The molecule has 1 saturated heterocycles. The number of nitrogens with one attached hydrogen (secondary N) is 1. The van der Waals surface area contributed by atoms with Crippen LogP contribution in [-0.4, -0.2) is 107 Å². The van der Waals surface area contributed by atoms with E-state index in [4.69, 9.17) is 19.2 Å². The Morgan fingerprint density at radius 2 is 1.82 bits per heavy atom. The van der Waals surface area contributed by atoms with Crippen molar-refractivity contribution in [3.8, 4) is 22.8 Å². The number of carbonyl (C=O) groups excluding carboxylic acids is 2. The zero-order valence-corrected chi connectivity index (χ0v) is 29.9. The van der Waals surface area contributed by atoms with Crippen molar-refractivity contribution in [1.29, 1.82) is 0 Å². The van der Waals surface area contributed by atoms with E-state index >= 15 is 0 Å². The predicted octanol–water partition coefficient (Wildman–Crippen LogP) is 5.72. The Hall–Kier alpha value is -5.07. The largest absolute Gasteiger partial charge is 0.497 e. The second-order valence-electron chi connectivity index (χ2n) is 13.0. The first-order valence-corrected chi connectivity index (χ1v) is 17.6. The quantitative estimate of drug-likeness (QED) is 0.102. The number of amides is 1. The van der Waals surface area contributed by atoms with Crippen LogP contribution >= 0.6 is 0 Å². The van der Waals surface area contributed by atoms with Gasteiger partial charge in [-0.25, -0.2) is 4.98 Å². The number of piperidine rings is 1. The SMILES string of the molecule is CCOCCn1c(C(=O)C2CCN(CCC(CN(C)C(=O)c3cc(-c4cn[nH]n4)ccc3OC)c3cccc(OC)c3)CC2)nc2ccccc21. The molecular formula is C39H47N7O5. The number of likely N-dealkylation sites (N-methyl/N-ethyl adjacent to an activating group) is 1. The average molecular weight is 694 g/mol. The van der Waals surface area contributed by atoms with Gasteiger partial charge in [-0.3, -0.25) is 9.59 Å². The van der Waals surface area contributed by atoms with Gasteiger partial charge in [-0.2, -0.15) is 15.4 Å². The molecule has 0 aliphatic carbocycles. The summed E-state index contributed by atoms with van der Waals surface area (Å²) in [5.41, 5.74) is 4.79. The number of carbonyl (C=O) groups is 2. The Bertz CT molecular complexity index is 1920. The van der Waals surface area contributed by atoms with Crippen molar-refractivity contribution in [2.45, 2.75) is 38.6 Å². The molecule has 12 heteroatoms. The summed E-state index contributed by atoms with van der Waals surface area (Å²) in [5.74, 6) is 1.74. The molecule has 6 rings (SSSR count).